The van der Waals surface area contributed by atoms with E-state index in [2.05, 4.69) is 15.1 Å². The summed E-state index contributed by atoms with van der Waals surface area (Å²) in [5.41, 5.74) is 2.61. The van der Waals surface area contributed by atoms with Crippen LogP contribution in [0.2, 0.25) is 0 Å². The van der Waals surface area contributed by atoms with Gasteiger partial charge in [0.15, 0.2) is 0 Å². The van der Waals surface area contributed by atoms with Gasteiger partial charge < -0.3 is 4.98 Å². The fourth-order valence-corrected chi connectivity index (χ4v) is 2.68. The maximum absolute atomic E-state index is 14.3. The van der Waals surface area contributed by atoms with E-state index in [9.17, 15) is 9.18 Å². The third-order valence-corrected chi connectivity index (χ3v) is 4.08. The topological polar surface area (TPSA) is 63.6 Å². The number of rotatable bonds is 4. The van der Waals surface area contributed by atoms with Gasteiger partial charge in [-0.05, 0) is 31.9 Å². The molecule has 0 spiro atoms. The van der Waals surface area contributed by atoms with Crippen LogP contribution in [0.25, 0.3) is 11.3 Å². The van der Waals surface area contributed by atoms with Crippen LogP contribution < -0.4 is 5.56 Å². The zero-order chi connectivity index (χ0) is 17.3. The van der Waals surface area contributed by atoms with E-state index < -0.39 is 0 Å². The Kier molecular flexibility index (Phi) is 4.29. The molecule has 0 amide bonds. The molecule has 0 aliphatic heterocycles. The maximum Gasteiger partial charge on any atom is 0.251 e. The van der Waals surface area contributed by atoms with Crippen LogP contribution in [0.3, 0.4) is 0 Å². The van der Waals surface area contributed by atoms with Crippen LogP contribution in [0.15, 0.2) is 41.5 Å². The first kappa shape index (κ1) is 16.1. The molecular weight excluding hydrogens is 307 g/mol. The van der Waals surface area contributed by atoms with E-state index in [4.69, 9.17) is 0 Å². The van der Waals surface area contributed by atoms with E-state index in [-0.39, 0.29) is 17.4 Å². The molecule has 6 heteroatoms. The average molecular weight is 326 g/mol. The molecule has 3 rings (SSSR count). The molecule has 3 aromatic rings. The molecule has 0 aliphatic rings. The number of aromatic amines is 1. The molecule has 0 saturated carbocycles. The Bertz CT molecular complexity index is 929. The molecule has 2 heterocycles. The molecule has 1 aromatic carbocycles. The van der Waals surface area contributed by atoms with Gasteiger partial charge in [-0.1, -0.05) is 19.1 Å². The van der Waals surface area contributed by atoms with Gasteiger partial charge in [0, 0.05) is 23.4 Å². The summed E-state index contributed by atoms with van der Waals surface area (Å²) in [5.74, 6) is 0.309. The van der Waals surface area contributed by atoms with Crippen LogP contribution in [-0.4, -0.2) is 19.7 Å². The van der Waals surface area contributed by atoms with Gasteiger partial charge in [0.2, 0.25) is 0 Å². The lowest BCUT2D eigenvalue weighted by atomic mass is 10.0. The predicted molar refractivity (Wildman–Crippen MR) is 90.4 cm³/mol. The fourth-order valence-electron chi connectivity index (χ4n) is 2.68. The largest absolute Gasteiger partial charge is 0.311 e. The highest BCUT2D eigenvalue weighted by Crippen LogP contribution is 2.24. The molecular formula is C18H19FN4O. The lowest BCUT2D eigenvalue weighted by Crippen LogP contribution is -2.10. The first-order valence-electron chi connectivity index (χ1n) is 7.88. The molecule has 0 radical (unpaired) electrons. The first-order valence-corrected chi connectivity index (χ1v) is 7.88. The zero-order valence-corrected chi connectivity index (χ0v) is 13.9. The molecule has 124 valence electrons. The maximum atomic E-state index is 14.3. The lowest BCUT2D eigenvalue weighted by Gasteiger charge is -2.14. The highest BCUT2D eigenvalue weighted by atomic mass is 19.1. The molecule has 0 fully saturated rings. The SMILES string of the molecule is CCc1ccc([C@@H](C)n2cc(-c3cc(=O)[nH]c(C)n3)cn2)c(F)c1. The second-order valence-corrected chi connectivity index (χ2v) is 5.81. The molecule has 2 aromatic heterocycles. The van der Waals surface area contributed by atoms with E-state index in [0.717, 1.165) is 17.5 Å². The normalized spacial score (nSPS) is 12.3. The Labute approximate surface area is 139 Å². The highest BCUT2D eigenvalue weighted by molar-refractivity contribution is 5.56. The van der Waals surface area contributed by atoms with Gasteiger partial charge in [-0.3, -0.25) is 9.48 Å². The van der Waals surface area contributed by atoms with Crippen molar-refractivity contribution >= 4 is 0 Å². The number of aromatic nitrogens is 4. The number of benzene rings is 1. The summed E-state index contributed by atoms with van der Waals surface area (Å²) < 4.78 is 16.0. The van der Waals surface area contributed by atoms with Crippen LogP contribution in [0.1, 0.15) is 36.8 Å². The second kappa shape index (κ2) is 6.39. The summed E-state index contributed by atoms with van der Waals surface area (Å²) in [6, 6.07) is 6.47. The van der Waals surface area contributed by atoms with Crippen LogP contribution in [-0.2, 0) is 6.42 Å². The zero-order valence-electron chi connectivity index (χ0n) is 13.9. The van der Waals surface area contributed by atoms with E-state index >= 15 is 0 Å². The first-order chi connectivity index (χ1) is 11.5. The monoisotopic (exact) mass is 326 g/mol. The summed E-state index contributed by atoms with van der Waals surface area (Å²) >= 11 is 0. The quantitative estimate of drug-likeness (QED) is 0.800. The summed E-state index contributed by atoms with van der Waals surface area (Å²) in [6.07, 6.45) is 4.21. The minimum Gasteiger partial charge on any atom is -0.311 e. The lowest BCUT2D eigenvalue weighted by molar-refractivity contribution is 0.520. The molecule has 5 nitrogen and oxygen atoms in total. The van der Waals surface area contributed by atoms with Crippen LogP contribution in [0.5, 0.6) is 0 Å². The fraction of sp³-hybridized carbons (Fsp3) is 0.278. The van der Waals surface area contributed by atoms with Crippen molar-refractivity contribution in [3.63, 3.8) is 0 Å². The molecule has 24 heavy (non-hydrogen) atoms. The average Bonchev–Trinajstić information content (AvgIpc) is 3.03. The summed E-state index contributed by atoms with van der Waals surface area (Å²) in [4.78, 5) is 18.5. The van der Waals surface area contributed by atoms with Crippen molar-refractivity contribution in [2.75, 3.05) is 0 Å². The summed E-state index contributed by atoms with van der Waals surface area (Å²) in [7, 11) is 0. The van der Waals surface area contributed by atoms with Crippen molar-refractivity contribution < 1.29 is 4.39 Å². The minimum absolute atomic E-state index is 0.209. The molecule has 1 N–H and O–H groups in total. The number of halogens is 1. The van der Waals surface area contributed by atoms with Gasteiger partial charge in [-0.15, -0.1) is 0 Å². The smallest absolute Gasteiger partial charge is 0.251 e. The van der Waals surface area contributed by atoms with E-state index in [1.54, 1.807) is 36.1 Å². The van der Waals surface area contributed by atoms with Crippen molar-refractivity contribution in [3.8, 4) is 11.3 Å². The Balaban J connectivity index is 1.94. The van der Waals surface area contributed by atoms with E-state index in [0.29, 0.717) is 17.1 Å². The summed E-state index contributed by atoms with van der Waals surface area (Å²) in [6.45, 7) is 5.61. The van der Waals surface area contributed by atoms with Crippen molar-refractivity contribution in [1.82, 2.24) is 19.7 Å². The summed E-state index contributed by atoms with van der Waals surface area (Å²) in [5, 5.41) is 4.31. The number of hydrogen-bond acceptors (Lipinski definition) is 3. The van der Waals surface area contributed by atoms with Crippen molar-refractivity contribution in [1.29, 1.82) is 0 Å². The number of nitrogens with zero attached hydrogens (tertiary/aromatic N) is 3. The van der Waals surface area contributed by atoms with Gasteiger partial charge in [-0.2, -0.15) is 5.10 Å². The molecule has 0 bridgehead atoms. The highest BCUT2D eigenvalue weighted by Gasteiger charge is 2.15. The van der Waals surface area contributed by atoms with Gasteiger partial charge in [0.1, 0.15) is 11.6 Å². The standard InChI is InChI=1S/C18H19FN4O/c1-4-13-5-6-15(16(19)7-13)11(2)23-10-14(9-20-23)17-8-18(24)22-12(3)21-17/h5-11H,4H2,1-3H3,(H,21,22,24)/t11-/m1/s1. The third kappa shape index (κ3) is 3.13. The second-order valence-electron chi connectivity index (χ2n) is 5.81. The van der Waals surface area contributed by atoms with E-state index in [1.165, 1.54) is 6.07 Å². The molecule has 0 aliphatic carbocycles. The minimum atomic E-state index is -0.257. The van der Waals surface area contributed by atoms with E-state index in [1.807, 2.05) is 19.9 Å². The van der Waals surface area contributed by atoms with Gasteiger partial charge >= 0.3 is 0 Å². The molecule has 0 saturated heterocycles. The number of hydrogen-bond donors (Lipinski definition) is 1. The molecule has 1 atom stereocenters. The van der Waals surface area contributed by atoms with Gasteiger partial charge in [0.05, 0.1) is 17.9 Å². The van der Waals surface area contributed by atoms with Crippen molar-refractivity contribution in [2.24, 2.45) is 0 Å². The van der Waals surface area contributed by atoms with Crippen molar-refractivity contribution in [3.05, 3.63) is 69.8 Å². The Morgan fingerprint density at radius 3 is 2.79 bits per heavy atom. The third-order valence-electron chi connectivity index (χ3n) is 4.08. The predicted octanol–water partition coefficient (Wildman–Crippen LogP) is 3.25. The Hall–Kier alpha value is -2.76. The van der Waals surface area contributed by atoms with Crippen LogP contribution in [0.4, 0.5) is 4.39 Å². The van der Waals surface area contributed by atoms with Gasteiger partial charge in [0.25, 0.3) is 5.56 Å². The Morgan fingerprint density at radius 2 is 2.12 bits per heavy atom. The molecule has 0 unspecified atom stereocenters. The number of aryl methyl sites for hydroxylation is 2. The number of nitrogens with one attached hydrogen (secondary N) is 1. The van der Waals surface area contributed by atoms with Crippen LogP contribution >= 0.6 is 0 Å². The Morgan fingerprint density at radius 1 is 1.33 bits per heavy atom. The van der Waals surface area contributed by atoms with Crippen LogP contribution in [0, 0.1) is 12.7 Å². The number of H-pyrrole nitrogens is 1. The van der Waals surface area contributed by atoms with Gasteiger partial charge in [-0.25, -0.2) is 9.37 Å². The van der Waals surface area contributed by atoms with Crippen molar-refractivity contribution in [2.45, 2.75) is 33.2 Å².